The van der Waals surface area contributed by atoms with Crippen LogP contribution in [0, 0.1) is 0 Å². The van der Waals surface area contributed by atoms with Crippen LogP contribution in [0.15, 0.2) is 4.99 Å². The minimum atomic E-state index is -1.31. The van der Waals surface area contributed by atoms with Crippen molar-refractivity contribution in [2.75, 3.05) is 6.54 Å². The summed E-state index contributed by atoms with van der Waals surface area (Å²) in [6, 6.07) is -3.66. The minimum absolute atomic E-state index is 0. The molecule has 0 aromatic heterocycles. The largest absolute Gasteiger partial charge is 1.00 e. The number of hydrogen-bond donors (Lipinski definition) is 6. The van der Waals surface area contributed by atoms with E-state index in [9.17, 15) is 44.1 Å². The van der Waals surface area contributed by atoms with Gasteiger partial charge in [0.1, 0.15) is 18.1 Å². The Balaban J connectivity index is 0. The number of unbranched alkanes of at least 4 members (excludes halogenated alkanes) is 21. The molecule has 0 unspecified atom stereocenters. The predicted molar refractivity (Wildman–Crippen MR) is 225 cm³/mol. The first-order valence-electron chi connectivity index (χ1n) is 22.7. The molecule has 0 saturated carbocycles. The van der Waals surface area contributed by atoms with Gasteiger partial charge in [-0.1, -0.05) is 142 Å². The van der Waals surface area contributed by atoms with Crippen LogP contribution in [0.5, 0.6) is 0 Å². The average Bonchev–Trinajstić information content (AvgIpc) is 3.18. The molecule has 0 aliphatic carbocycles. The number of carbonyl (C=O) groups is 6. The van der Waals surface area contributed by atoms with E-state index >= 15 is 0 Å². The van der Waals surface area contributed by atoms with E-state index in [0.29, 0.717) is 19.3 Å². The Bertz CT molecular complexity index is 1170. The zero-order chi connectivity index (χ0) is 43.2. The summed E-state index contributed by atoms with van der Waals surface area (Å²) in [4.78, 5) is 77.0. The van der Waals surface area contributed by atoms with Crippen molar-refractivity contribution in [1.29, 1.82) is 0 Å². The van der Waals surface area contributed by atoms with Crippen molar-refractivity contribution in [2.24, 2.45) is 4.99 Å². The van der Waals surface area contributed by atoms with Gasteiger partial charge in [0, 0.05) is 25.8 Å². The van der Waals surface area contributed by atoms with Crippen LogP contribution in [0.3, 0.4) is 0 Å². The smallest absolute Gasteiger partial charge is 0.862 e. The number of rotatable bonds is 41. The monoisotopic (exact) mass is 847 g/mol. The fourth-order valence-electron chi connectivity index (χ4n) is 6.78. The van der Waals surface area contributed by atoms with Crippen LogP contribution in [-0.2, 0) is 28.8 Å². The van der Waals surface area contributed by atoms with Crippen molar-refractivity contribution >= 4 is 41.5 Å². The summed E-state index contributed by atoms with van der Waals surface area (Å²) in [6.45, 7) is 4.52. The van der Waals surface area contributed by atoms with E-state index in [0.717, 1.165) is 38.5 Å². The number of nitrogens with one attached hydrogen (secondary N) is 3. The zero-order valence-electron chi connectivity index (χ0n) is 37.0. The number of amides is 3. The standard InChI is InChI=1S/C44H80N4O10.Na/c1-3-5-7-9-11-13-15-17-19-21-23-28-38(49)46-35(30-32-40(51)52)42(55)45-34-26-25-27-37(44(57)58)48-43(56)36(31-33-41(53)54)47-39(50)29-24-22-20-18-16-14-12-10-8-6-4-2;/h35-37H,3-34H2,1-2H3,(H,45,55)(H,46,49)(H,47,50)(H,48,56)(H,51,52)(H,53,54)(H,57,58);/q;+1/p-1/t35-,36-,37-;/m0./s1. The number of carboxylic acids is 3. The summed E-state index contributed by atoms with van der Waals surface area (Å²) in [5.41, 5.74) is 0. The first kappa shape index (κ1) is 58.4. The van der Waals surface area contributed by atoms with Crippen LogP contribution in [0.2, 0.25) is 0 Å². The van der Waals surface area contributed by atoms with Gasteiger partial charge in [-0.3, -0.25) is 29.0 Å². The molecule has 0 rings (SSSR count). The summed E-state index contributed by atoms with van der Waals surface area (Å²) < 4.78 is 0. The zero-order valence-corrected chi connectivity index (χ0v) is 39.0. The Labute approximate surface area is 377 Å². The molecule has 6 N–H and O–H groups in total. The van der Waals surface area contributed by atoms with Crippen molar-refractivity contribution in [2.45, 2.75) is 231 Å². The van der Waals surface area contributed by atoms with Gasteiger partial charge in [-0.15, -0.1) is 0 Å². The van der Waals surface area contributed by atoms with E-state index in [1.807, 2.05) is 0 Å². The third kappa shape index (κ3) is 36.8. The van der Waals surface area contributed by atoms with Crippen LogP contribution in [0.25, 0.3) is 0 Å². The summed E-state index contributed by atoms with van der Waals surface area (Å²) in [5.74, 6) is -5.76. The second-order valence-corrected chi connectivity index (χ2v) is 15.8. The van der Waals surface area contributed by atoms with E-state index < -0.39 is 59.7 Å². The number of nitrogens with zero attached hydrogens (tertiary/aromatic N) is 1. The van der Waals surface area contributed by atoms with Crippen LogP contribution in [0.4, 0.5) is 0 Å². The van der Waals surface area contributed by atoms with E-state index in [4.69, 9.17) is 5.11 Å². The van der Waals surface area contributed by atoms with Crippen LogP contribution in [-0.4, -0.2) is 81.5 Å². The Morgan fingerprint density at radius 2 is 0.932 bits per heavy atom. The number of carboxylic acid groups (broad SMARTS) is 3. The molecule has 336 valence electrons. The maximum absolute atomic E-state index is 13.1. The van der Waals surface area contributed by atoms with Gasteiger partial charge in [-0.25, -0.2) is 4.79 Å². The third-order valence-corrected chi connectivity index (χ3v) is 10.4. The number of hydrogen-bond acceptors (Lipinski definition) is 8. The van der Waals surface area contributed by atoms with Gasteiger partial charge in [0.2, 0.25) is 17.7 Å². The molecule has 14 nitrogen and oxygen atoms in total. The van der Waals surface area contributed by atoms with Gasteiger partial charge in [-0.05, 0) is 57.3 Å². The van der Waals surface area contributed by atoms with Crippen LogP contribution < -0.4 is 50.6 Å². The summed E-state index contributed by atoms with van der Waals surface area (Å²) >= 11 is 0. The molecule has 0 radical (unpaired) electrons. The second kappa shape index (κ2) is 40.7. The Morgan fingerprint density at radius 3 is 1.39 bits per heavy atom. The van der Waals surface area contributed by atoms with Crippen molar-refractivity contribution in [3.63, 3.8) is 0 Å². The van der Waals surface area contributed by atoms with Crippen LogP contribution in [0.1, 0.15) is 213 Å². The van der Waals surface area contributed by atoms with Gasteiger partial charge >= 0.3 is 47.5 Å². The van der Waals surface area contributed by atoms with Gasteiger partial charge in [0.05, 0.1) is 0 Å². The first-order chi connectivity index (χ1) is 27.9. The molecule has 0 aliphatic heterocycles. The number of carbonyl (C=O) groups excluding carboxylic acids is 3. The Morgan fingerprint density at radius 1 is 0.492 bits per heavy atom. The molecular weight excluding hydrogens is 767 g/mol. The Kier molecular flexibility index (Phi) is 40.3. The normalized spacial score (nSPS) is 12.8. The maximum atomic E-state index is 13.1. The molecule has 3 amide bonds. The number of aliphatic carboxylic acids is 3. The van der Waals surface area contributed by atoms with Gasteiger partial charge in [0.15, 0.2) is 0 Å². The SMILES string of the molecule is CCCCCCCCCCCCCC(=O)N[C@@H](CCC(=O)O)C(=O)N[C@@H](CCCCNC(=O)[C@H](CCC(=O)O)N=C([O-])CCCCCCCCCCCCC)C(=O)O.[Na+]. The second-order valence-electron chi connectivity index (χ2n) is 15.8. The fraction of sp³-hybridized carbons (Fsp3) is 0.841. The molecule has 59 heavy (non-hydrogen) atoms. The van der Waals surface area contributed by atoms with Gasteiger partial charge in [-0.2, -0.15) is 0 Å². The number of aliphatic imine (C=N–C) groups is 1. The van der Waals surface area contributed by atoms with E-state index in [1.54, 1.807) is 0 Å². The molecule has 15 heteroatoms. The topological polar surface area (TPSA) is 235 Å². The van der Waals surface area contributed by atoms with Gasteiger partial charge in [0.25, 0.3) is 0 Å². The first-order valence-corrected chi connectivity index (χ1v) is 22.7. The molecule has 0 fully saturated rings. The molecule has 0 aliphatic rings. The quantitative estimate of drug-likeness (QED) is 0.0217. The summed E-state index contributed by atoms with van der Waals surface area (Å²) in [6.07, 6.45) is 24.7. The Hall–Kier alpha value is -2.71. The average molecular weight is 847 g/mol. The molecule has 0 bridgehead atoms. The van der Waals surface area contributed by atoms with Gasteiger partial charge < -0.3 is 36.4 Å². The third-order valence-electron chi connectivity index (χ3n) is 10.4. The minimum Gasteiger partial charge on any atom is -0.862 e. The van der Waals surface area contributed by atoms with Crippen molar-refractivity contribution in [3.8, 4) is 0 Å². The molecule has 3 atom stereocenters. The molecule has 0 aromatic carbocycles. The molecule has 0 aromatic rings. The van der Waals surface area contributed by atoms with E-state index in [2.05, 4.69) is 34.8 Å². The molecule has 0 spiro atoms. The molecule has 0 saturated heterocycles. The summed E-state index contributed by atoms with van der Waals surface area (Å²) in [5, 5.41) is 48.3. The maximum Gasteiger partial charge on any atom is 1.00 e. The summed E-state index contributed by atoms with van der Waals surface area (Å²) in [7, 11) is 0. The van der Waals surface area contributed by atoms with Crippen molar-refractivity contribution in [1.82, 2.24) is 16.0 Å². The van der Waals surface area contributed by atoms with Crippen LogP contribution >= 0.6 is 0 Å². The van der Waals surface area contributed by atoms with Crippen molar-refractivity contribution < 1.29 is 78.8 Å². The van der Waals surface area contributed by atoms with E-state index in [-0.39, 0.29) is 87.5 Å². The predicted octanol–water partition coefficient (Wildman–Crippen LogP) is 4.59. The van der Waals surface area contributed by atoms with Crippen molar-refractivity contribution in [3.05, 3.63) is 0 Å². The molecule has 0 heterocycles. The molecular formula is C44H79N4NaO10. The fourth-order valence-corrected chi connectivity index (χ4v) is 6.78. The van der Waals surface area contributed by atoms with E-state index in [1.165, 1.54) is 89.9 Å².